The van der Waals surface area contributed by atoms with E-state index in [4.69, 9.17) is 20.6 Å². The molecule has 4 saturated carbocycles. The van der Waals surface area contributed by atoms with E-state index in [1.807, 2.05) is 6.26 Å². The first kappa shape index (κ1) is 19.8. The van der Waals surface area contributed by atoms with Crippen LogP contribution in [0.5, 0.6) is 0 Å². The van der Waals surface area contributed by atoms with E-state index in [0.717, 1.165) is 50.7 Å². The molecule has 0 bridgehead atoms. The number of guanidine groups is 1. The Balaban J connectivity index is 1.40. The number of furan rings is 1. The lowest BCUT2D eigenvalue weighted by molar-refractivity contribution is -0.148. The zero-order valence-electron chi connectivity index (χ0n) is 18.5. The molecular formula is C24H34N4O3. The van der Waals surface area contributed by atoms with Gasteiger partial charge in [0.25, 0.3) is 0 Å². The van der Waals surface area contributed by atoms with Crippen LogP contribution in [0.3, 0.4) is 0 Å². The minimum Gasteiger partial charge on any atom is -0.472 e. The molecule has 1 aromatic heterocycles. The molecule has 31 heavy (non-hydrogen) atoms. The summed E-state index contributed by atoms with van der Waals surface area (Å²) in [7, 11) is 0. The maximum atomic E-state index is 10.9. The summed E-state index contributed by atoms with van der Waals surface area (Å²) in [4.78, 5) is 0. The van der Waals surface area contributed by atoms with Crippen LogP contribution in [0, 0.1) is 28.6 Å². The highest BCUT2D eigenvalue weighted by Crippen LogP contribution is 2.76. The van der Waals surface area contributed by atoms with Crippen molar-refractivity contribution in [3.63, 3.8) is 0 Å². The second-order valence-electron chi connectivity index (χ2n) is 11.2. The van der Waals surface area contributed by atoms with E-state index >= 15 is 0 Å². The molecule has 4 aliphatic carbocycles. The van der Waals surface area contributed by atoms with Gasteiger partial charge in [0.15, 0.2) is 0 Å². The number of nitrogens with zero attached hydrogens (tertiary/aromatic N) is 2. The number of epoxide rings is 1. The Hall–Kier alpha value is -1.86. The molecule has 0 radical (unpaired) electrons. The van der Waals surface area contributed by atoms with Crippen molar-refractivity contribution < 1.29 is 14.3 Å². The molecule has 1 saturated heterocycles. The fourth-order valence-electron chi connectivity index (χ4n) is 8.72. The maximum absolute atomic E-state index is 10.9. The Morgan fingerprint density at radius 1 is 1.16 bits per heavy atom. The van der Waals surface area contributed by atoms with Crippen molar-refractivity contribution in [3.05, 3.63) is 24.2 Å². The lowest BCUT2D eigenvalue weighted by Gasteiger charge is -2.62. The first-order valence-electron chi connectivity index (χ1n) is 11.8. The molecule has 1 spiro atoms. The molecule has 2 heterocycles. The van der Waals surface area contributed by atoms with Gasteiger partial charge in [0, 0.05) is 17.5 Å². The fraction of sp³-hybridized carbons (Fsp3) is 0.750. The van der Waals surface area contributed by atoms with E-state index in [-0.39, 0.29) is 34.6 Å². The molecular weight excluding hydrogens is 392 g/mol. The highest BCUT2D eigenvalue weighted by atomic mass is 16.6. The van der Waals surface area contributed by atoms with Crippen LogP contribution >= 0.6 is 0 Å². The second kappa shape index (κ2) is 6.35. The third kappa shape index (κ3) is 2.42. The van der Waals surface area contributed by atoms with Gasteiger partial charge in [-0.15, -0.1) is 5.10 Å². The van der Waals surface area contributed by atoms with E-state index in [1.165, 1.54) is 5.56 Å². The van der Waals surface area contributed by atoms with Gasteiger partial charge in [-0.1, -0.05) is 13.8 Å². The van der Waals surface area contributed by atoms with Crippen molar-refractivity contribution in [2.45, 2.75) is 82.5 Å². The van der Waals surface area contributed by atoms with Gasteiger partial charge < -0.3 is 25.7 Å². The van der Waals surface area contributed by atoms with Crippen molar-refractivity contribution in [1.29, 1.82) is 0 Å². The average molecular weight is 427 g/mol. The fourth-order valence-corrected chi connectivity index (χ4v) is 8.72. The molecule has 5 fully saturated rings. The van der Waals surface area contributed by atoms with Crippen LogP contribution in [0.1, 0.15) is 70.3 Å². The van der Waals surface area contributed by atoms with Gasteiger partial charge in [-0.25, -0.2) is 0 Å². The number of ether oxygens (including phenoxy) is 1. The van der Waals surface area contributed by atoms with Gasteiger partial charge >= 0.3 is 0 Å². The number of rotatable bonds is 2. The first-order chi connectivity index (χ1) is 14.8. The standard InChI is InChI=1S/C24H34N4O3/c1-22-7-5-16-17(24(22)20(31-24)11-19(22)29)4-3-14-9-15(27-28-21(25)26)10-18(23(14,16)2)13-6-8-30-12-13/h6,8,12,14,16-20,29H,3-5,7,9-11H2,1-2H3,(H4,25,26,28)/t14?,16-,17-,18?,19?,20?,22-,23+,24+/m1/s1. The summed E-state index contributed by atoms with van der Waals surface area (Å²) in [5.74, 6) is 1.93. The van der Waals surface area contributed by atoms with Crippen molar-refractivity contribution in [2.75, 3.05) is 0 Å². The summed E-state index contributed by atoms with van der Waals surface area (Å²) in [6.45, 7) is 4.79. The predicted octanol–water partition coefficient (Wildman–Crippen LogP) is 3.14. The molecule has 5 N–H and O–H groups in total. The van der Waals surface area contributed by atoms with E-state index in [0.29, 0.717) is 23.7 Å². The Morgan fingerprint density at radius 2 is 2.00 bits per heavy atom. The van der Waals surface area contributed by atoms with Gasteiger partial charge in [-0.3, -0.25) is 0 Å². The van der Waals surface area contributed by atoms with Gasteiger partial charge in [-0.2, -0.15) is 5.10 Å². The van der Waals surface area contributed by atoms with Crippen molar-refractivity contribution >= 4 is 11.7 Å². The number of nitrogens with two attached hydrogens (primary N) is 2. The zero-order valence-corrected chi connectivity index (χ0v) is 18.5. The third-order valence-electron chi connectivity index (χ3n) is 10.3. The monoisotopic (exact) mass is 426 g/mol. The molecule has 7 nitrogen and oxygen atoms in total. The molecule has 7 heteroatoms. The molecule has 1 aliphatic heterocycles. The van der Waals surface area contributed by atoms with E-state index < -0.39 is 0 Å². The Labute approximate surface area is 183 Å². The van der Waals surface area contributed by atoms with Gasteiger partial charge in [-0.05, 0) is 79.2 Å². The quantitative estimate of drug-likeness (QED) is 0.290. The SMILES string of the molecule is C[C@]12C(CC[C@@H]3[C@H]1CC[C@]1(C)C(O)CC4O[C@]431)CC(=NN=C(N)N)CC2c1ccoc1. The average Bonchev–Trinajstić information content (AvgIpc) is 3.09. The molecule has 0 amide bonds. The third-order valence-corrected chi connectivity index (χ3v) is 10.3. The normalized spacial score (nSPS) is 51.4. The van der Waals surface area contributed by atoms with Crippen LogP contribution in [0.4, 0.5) is 0 Å². The summed E-state index contributed by atoms with van der Waals surface area (Å²) in [6.07, 6.45) is 10.8. The molecule has 9 atom stereocenters. The van der Waals surface area contributed by atoms with Gasteiger partial charge in [0.1, 0.15) is 5.60 Å². The van der Waals surface area contributed by atoms with Crippen molar-refractivity contribution in [2.24, 2.45) is 50.3 Å². The Kier molecular flexibility index (Phi) is 4.05. The largest absolute Gasteiger partial charge is 0.472 e. The topological polar surface area (TPSA) is 123 Å². The van der Waals surface area contributed by atoms with Crippen LogP contribution in [-0.4, -0.2) is 34.6 Å². The van der Waals surface area contributed by atoms with Crippen LogP contribution in [-0.2, 0) is 4.74 Å². The molecule has 6 rings (SSSR count). The summed E-state index contributed by atoms with van der Waals surface area (Å²) in [6, 6.07) is 2.11. The highest BCUT2D eigenvalue weighted by molar-refractivity contribution is 5.87. The van der Waals surface area contributed by atoms with Crippen LogP contribution < -0.4 is 11.5 Å². The second-order valence-corrected chi connectivity index (χ2v) is 11.2. The molecule has 4 unspecified atom stereocenters. The molecule has 1 aromatic rings. The minimum absolute atomic E-state index is 0.00628. The summed E-state index contributed by atoms with van der Waals surface area (Å²) >= 11 is 0. The zero-order chi connectivity index (χ0) is 21.6. The molecule has 168 valence electrons. The minimum atomic E-state index is -0.230. The first-order valence-corrected chi connectivity index (χ1v) is 11.8. The summed E-state index contributed by atoms with van der Waals surface area (Å²) < 4.78 is 12.0. The van der Waals surface area contributed by atoms with E-state index in [9.17, 15) is 5.11 Å². The smallest absolute Gasteiger partial charge is 0.211 e. The Bertz CT molecular complexity index is 941. The van der Waals surface area contributed by atoms with Crippen molar-refractivity contribution in [1.82, 2.24) is 0 Å². The van der Waals surface area contributed by atoms with Crippen LogP contribution in [0.2, 0.25) is 0 Å². The lowest BCUT2D eigenvalue weighted by atomic mass is 9.42. The highest BCUT2D eigenvalue weighted by Gasteiger charge is 2.80. The Morgan fingerprint density at radius 3 is 2.74 bits per heavy atom. The van der Waals surface area contributed by atoms with Crippen LogP contribution in [0.15, 0.2) is 33.2 Å². The van der Waals surface area contributed by atoms with Crippen molar-refractivity contribution in [3.8, 4) is 0 Å². The summed E-state index contributed by atoms with van der Waals surface area (Å²) in [5.41, 5.74) is 13.3. The number of fused-ring (bicyclic) bond motifs is 3. The maximum Gasteiger partial charge on any atom is 0.211 e. The summed E-state index contributed by atoms with van der Waals surface area (Å²) in [5, 5.41) is 19.3. The number of hydrogen-bond acceptors (Lipinski definition) is 5. The van der Waals surface area contributed by atoms with Crippen LogP contribution in [0.25, 0.3) is 0 Å². The molecule has 5 aliphatic rings. The van der Waals surface area contributed by atoms with Gasteiger partial charge in [0.05, 0.1) is 24.7 Å². The van der Waals surface area contributed by atoms with E-state index in [1.54, 1.807) is 6.26 Å². The van der Waals surface area contributed by atoms with Gasteiger partial charge in [0.2, 0.25) is 5.96 Å². The predicted molar refractivity (Wildman–Crippen MR) is 117 cm³/mol. The molecule has 0 aromatic carbocycles. The number of aliphatic hydroxyl groups is 1. The number of hydrogen-bond donors (Lipinski definition) is 3. The van der Waals surface area contributed by atoms with E-state index in [2.05, 4.69) is 30.1 Å². The number of aliphatic hydroxyl groups excluding tert-OH is 1. The lowest BCUT2D eigenvalue weighted by Crippen LogP contribution is -2.60.